The van der Waals surface area contributed by atoms with Crippen LogP contribution in [0.15, 0.2) is 49.2 Å². The molecule has 3 N–H and O–H groups in total. The molecule has 48 heavy (non-hydrogen) atoms. The van der Waals surface area contributed by atoms with Crippen LogP contribution in [-0.4, -0.2) is 93.6 Å². The van der Waals surface area contributed by atoms with E-state index in [-0.39, 0.29) is 29.2 Å². The Morgan fingerprint density at radius 2 is 1.77 bits per heavy atom. The smallest absolute Gasteiger partial charge is 0.421 e. The Bertz CT molecular complexity index is 1650. The first-order valence-corrected chi connectivity index (χ1v) is 15.2. The van der Waals surface area contributed by atoms with Gasteiger partial charge in [-0.05, 0) is 56.3 Å². The molecule has 1 aromatic heterocycles. The van der Waals surface area contributed by atoms with Crippen LogP contribution in [0.1, 0.15) is 29.9 Å². The van der Waals surface area contributed by atoms with E-state index in [4.69, 9.17) is 9.47 Å². The molecule has 0 saturated carbocycles. The number of methoxy groups -OCH3 is 2. The highest BCUT2D eigenvalue weighted by molar-refractivity contribution is 6.02. The molecular weight excluding hydrogens is 629 g/mol. The highest BCUT2D eigenvalue weighted by Crippen LogP contribution is 2.41. The fourth-order valence-electron chi connectivity index (χ4n) is 5.19. The summed E-state index contributed by atoms with van der Waals surface area (Å²) >= 11 is 0. The van der Waals surface area contributed by atoms with Gasteiger partial charge in [0.05, 0.1) is 37.0 Å². The van der Waals surface area contributed by atoms with E-state index < -0.39 is 23.5 Å². The average Bonchev–Trinajstić information content (AvgIpc) is 3.04. The normalized spacial score (nSPS) is 14.8. The third kappa shape index (κ3) is 8.64. The van der Waals surface area contributed by atoms with Gasteiger partial charge in [-0.2, -0.15) is 18.2 Å². The minimum Gasteiger partial charge on any atom is -0.495 e. The highest BCUT2D eigenvalue weighted by Gasteiger charge is 2.36. The number of hydrogen-bond donors (Lipinski definition) is 3. The summed E-state index contributed by atoms with van der Waals surface area (Å²) in [4.78, 5) is 38.3. The van der Waals surface area contributed by atoms with Gasteiger partial charge < -0.3 is 40.1 Å². The van der Waals surface area contributed by atoms with E-state index in [1.807, 2.05) is 37.0 Å². The number of nitrogens with one attached hydrogen (secondary N) is 3. The van der Waals surface area contributed by atoms with Crippen molar-refractivity contribution < 1.29 is 32.2 Å². The Hall–Kier alpha value is -5.05. The highest BCUT2D eigenvalue weighted by atomic mass is 19.4. The van der Waals surface area contributed by atoms with E-state index in [0.29, 0.717) is 55.1 Å². The van der Waals surface area contributed by atoms with Gasteiger partial charge in [0.1, 0.15) is 22.9 Å². The Labute approximate surface area is 277 Å². The van der Waals surface area contributed by atoms with Gasteiger partial charge >= 0.3 is 6.18 Å². The second-order valence-corrected chi connectivity index (χ2v) is 11.7. The Morgan fingerprint density at radius 3 is 2.40 bits per heavy atom. The number of rotatable bonds is 13. The number of likely N-dealkylation sites (tertiary alicyclic amines) is 1. The first kappa shape index (κ1) is 35.8. The molecule has 12 nitrogen and oxygen atoms in total. The SMILES string of the molecule is C=CC(=O)Nc1cc(Nc2nc(Nc3ccc(C4CCN(C)C(=O)C4)cc3OC)ncc2C(F)(F)F)c(OC)cc1N(C)CCN(C)C. The van der Waals surface area contributed by atoms with Crippen LogP contribution in [0.2, 0.25) is 0 Å². The summed E-state index contributed by atoms with van der Waals surface area (Å²) in [5, 5.41) is 8.44. The van der Waals surface area contributed by atoms with Gasteiger partial charge in [0.15, 0.2) is 0 Å². The fraction of sp³-hybridized carbons (Fsp3) is 0.394. The molecule has 0 spiro atoms. The second-order valence-electron chi connectivity index (χ2n) is 11.7. The number of nitrogens with zero attached hydrogens (tertiary/aromatic N) is 5. The van der Waals surface area contributed by atoms with Crippen LogP contribution < -0.4 is 30.3 Å². The van der Waals surface area contributed by atoms with Crippen molar-refractivity contribution in [2.24, 2.45) is 0 Å². The lowest BCUT2D eigenvalue weighted by atomic mass is 9.89. The summed E-state index contributed by atoms with van der Waals surface area (Å²) in [6.07, 6.45) is -1.85. The maximum absolute atomic E-state index is 14.2. The Morgan fingerprint density at radius 1 is 1.06 bits per heavy atom. The number of piperidine rings is 1. The summed E-state index contributed by atoms with van der Waals surface area (Å²) in [6.45, 7) is 5.42. The number of anilines is 6. The van der Waals surface area contributed by atoms with Crippen molar-refractivity contribution in [2.75, 3.05) is 82.9 Å². The molecule has 0 radical (unpaired) electrons. The van der Waals surface area contributed by atoms with Crippen LogP contribution >= 0.6 is 0 Å². The summed E-state index contributed by atoms with van der Waals surface area (Å²) < 4.78 is 53.7. The van der Waals surface area contributed by atoms with Crippen LogP contribution in [0, 0.1) is 0 Å². The lowest BCUT2D eigenvalue weighted by molar-refractivity contribution is -0.137. The fourth-order valence-corrected chi connectivity index (χ4v) is 5.19. The zero-order valence-electron chi connectivity index (χ0n) is 27.9. The molecule has 0 bridgehead atoms. The molecule has 2 heterocycles. The predicted octanol–water partition coefficient (Wildman–Crippen LogP) is 5.46. The van der Waals surface area contributed by atoms with Crippen molar-refractivity contribution in [1.29, 1.82) is 0 Å². The van der Waals surface area contributed by atoms with Crippen molar-refractivity contribution in [1.82, 2.24) is 19.8 Å². The zero-order chi connectivity index (χ0) is 35.2. The molecule has 1 saturated heterocycles. The molecule has 2 aromatic carbocycles. The van der Waals surface area contributed by atoms with Crippen molar-refractivity contribution in [2.45, 2.75) is 24.9 Å². The second kappa shape index (κ2) is 15.2. The Balaban J connectivity index is 1.70. The quantitative estimate of drug-likeness (QED) is 0.202. The van der Waals surface area contributed by atoms with Crippen LogP contribution in [0.3, 0.4) is 0 Å². The van der Waals surface area contributed by atoms with Crippen molar-refractivity contribution in [3.05, 3.63) is 60.3 Å². The number of ether oxygens (including phenoxy) is 2. The maximum Gasteiger partial charge on any atom is 0.421 e. The monoisotopic (exact) mass is 670 g/mol. The van der Waals surface area contributed by atoms with E-state index in [1.54, 1.807) is 30.1 Å². The summed E-state index contributed by atoms with van der Waals surface area (Å²) in [6, 6.07) is 8.46. The van der Waals surface area contributed by atoms with Crippen molar-refractivity contribution >= 4 is 46.3 Å². The molecule has 1 aliphatic heterocycles. The van der Waals surface area contributed by atoms with Gasteiger partial charge in [0, 0.05) is 52.4 Å². The number of likely N-dealkylation sites (N-methyl/N-ethyl adjacent to an activating group) is 2. The topological polar surface area (TPSA) is 124 Å². The number of amides is 2. The van der Waals surface area contributed by atoms with Gasteiger partial charge in [0.25, 0.3) is 0 Å². The summed E-state index contributed by atoms with van der Waals surface area (Å²) in [5.41, 5.74) is 1.23. The van der Waals surface area contributed by atoms with Gasteiger partial charge in [-0.1, -0.05) is 12.6 Å². The first-order valence-electron chi connectivity index (χ1n) is 15.2. The van der Waals surface area contributed by atoms with Crippen LogP contribution in [0.5, 0.6) is 11.5 Å². The predicted molar refractivity (Wildman–Crippen MR) is 180 cm³/mol. The van der Waals surface area contributed by atoms with Crippen LogP contribution in [0.25, 0.3) is 0 Å². The number of halogens is 3. The molecule has 3 aromatic rings. The van der Waals surface area contributed by atoms with E-state index >= 15 is 0 Å². The maximum atomic E-state index is 14.2. The number of hydrogen-bond acceptors (Lipinski definition) is 10. The third-order valence-corrected chi connectivity index (χ3v) is 8.01. The average molecular weight is 671 g/mol. The van der Waals surface area contributed by atoms with Gasteiger partial charge in [0.2, 0.25) is 17.8 Å². The molecule has 258 valence electrons. The number of carbonyl (C=O) groups is 2. The minimum atomic E-state index is -4.80. The molecule has 1 fully saturated rings. The zero-order valence-corrected chi connectivity index (χ0v) is 27.9. The molecule has 15 heteroatoms. The van der Waals surface area contributed by atoms with Gasteiger partial charge in [-0.25, -0.2) is 4.98 Å². The molecule has 0 aliphatic carbocycles. The largest absolute Gasteiger partial charge is 0.495 e. The lowest BCUT2D eigenvalue weighted by Gasteiger charge is -2.29. The number of alkyl halides is 3. The molecule has 1 unspecified atom stereocenters. The van der Waals surface area contributed by atoms with E-state index in [2.05, 4.69) is 32.5 Å². The number of benzene rings is 2. The third-order valence-electron chi connectivity index (χ3n) is 8.01. The molecule has 1 aliphatic rings. The van der Waals surface area contributed by atoms with Crippen LogP contribution in [-0.2, 0) is 15.8 Å². The molecule has 4 rings (SSSR count). The number of aromatic nitrogens is 2. The van der Waals surface area contributed by atoms with Crippen molar-refractivity contribution in [3.63, 3.8) is 0 Å². The summed E-state index contributed by atoms with van der Waals surface area (Å²) in [5.74, 6) is -0.480. The molecule has 2 amide bonds. The van der Waals surface area contributed by atoms with E-state index in [1.165, 1.54) is 20.3 Å². The molecule has 1 atom stereocenters. The first-order chi connectivity index (χ1) is 22.7. The standard InChI is InChI=1S/C33H41F3N8O4/c1-8-29(45)38-24-17-25(28(48-7)18-26(24)43(4)14-13-42(2)3)39-31-22(33(34,35)36)19-37-32(41-31)40-23-10-9-20(15-27(23)47-6)21-11-12-44(5)30(46)16-21/h8-10,15,17-19,21H,1,11-14,16H2,2-7H3,(H,38,45)(H2,37,39,40,41). The van der Waals surface area contributed by atoms with Crippen LogP contribution in [0.4, 0.5) is 47.7 Å². The summed E-state index contributed by atoms with van der Waals surface area (Å²) in [7, 11) is 10.3. The van der Waals surface area contributed by atoms with Crippen molar-refractivity contribution in [3.8, 4) is 11.5 Å². The van der Waals surface area contributed by atoms with Gasteiger partial charge in [-0.3, -0.25) is 9.59 Å². The Kier molecular flexibility index (Phi) is 11.4. The van der Waals surface area contributed by atoms with E-state index in [0.717, 1.165) is 18.1 Å². The van der Waals surface area contributed by atoms with Gasteiger partial charge in [-0.15, -0.1) is 0 Å². The minimum absolute atomic E-state index is 0.0186. The lowest BCUT2D eigenvalue weighted by Crippen LogP contribution is -2.34. The van der Waals surface area contributed by atoms with E-state index in [9.17, 15) is 22.8 Å². The number of carbonyl (C=O) groups excluding carboxylic acids is 2. The molecular formula is C33H41F3N8O4.